The first-order chi connectivity index (χ1) is 8.72. The summed E-state index contributed by atoms with van der Waals surface area (Å²) >= 11 is 0. The van der Waals surface area contributed by atoms with Crippen LogP contribution in [0.3, 0.4) is 0 Å². The number of nitrogens with one attached hydrogen (secondary N) is 1. The Morgan fingerprint density at radius 2 is 2.11 bits per heavy atom. The number of rotatable bonds is 4. The van der Waals surface area contributed by atoms with E-state index in [2.05, 4.69) is 54.3 Å². The molecule has 0 amide bonds. The monoisotopic (exact) mass is 241 g/mol. The number of benzene rings is 1. The summed E-state index contributed by atoms with van der Waals surface area (Å²) in [6, 6.07) is 8.77. The summed E-state index contributed by atoms with van der Waals surface area (Å²) in [5.41, 5.74) is 2.25. The van der Waals surface area contributed by atoms with Gasteiger partial charge in [0.2, 0.25) is 0 Å². The van der Waals surface area contributed by atoms with Gasteiger partial charge in [-0.3, -0.25) is 4.68 Å². The van der Waals surface area contributed by atoms with Crippen LogP contribution in [-0.2, 0) is 13.1 Å². The van der Waals surface area contributed by atoms with Gasteiger partial charge in [0.25, 0.3) is 0 Å². The van der Waals surface area contributed by atoms with Crippen molar-refractivity contribution >= 4 is 10.9 Å². The van der Waals surface area contributed by atoms with Crippen molar-refractivity contribution in [3.63, 3.8) is 0 Å². The normalized spacial score (nSPS) is 10.7. The predicted molar refractivity (Wildman–Crippen MR) is 75.2 cm³/mol. The van der Waals surface area contributed by atoms with Gasteiger partial charge in [-0.15, -0.1) is 5.92 Å². The summed E-state index contributed by atoms with van der Waals surface area (Å²) in [6.45, 7) is 7.58. The van der Waals surface area contributed by atoms with Crippen molar-refractivity contribution in [2.24, 2.45) is 0 Å². The molecule has 0 unspecified atom stereocenters. The number of fused-ring (bicyclic) bond motifs is 1. The van der Waals surface area contributed by atoms with Crippen LogP contribution in [0, 0.1) is 11.8 Å². The SMILES string of the molecule is CC#CCn1nc(CNC(C)C)c2ccccc21. The highest BCUT2D eigenvalue weighted by atomic mass is 15.3. The van der Waals surface area contributed by atoms with Crippen LogP contribution in [0.2, 0.25) is 0 Å². The first-order valence-electron chi connectivity index (χ1n) is 6.29. The van der Waals surface area contributed by atoms with E-state index in [-0.39, 0.29) is 0 Å². The summed E-state index contributed by atoms with van der Waals surface area (Å²) in [6.07, 6.45) is 0. The van der Waals surface area contributed by atoms with Gasteiger partial charge in [-0.05, 0) is 13.0 Å². The minimum atomic E-state index is 0.462. The number of aromatic nitrogens is 2. The summed E-state index contributed by atoms with van der Waals surface area (Å²) in [4.78, 5) is 0. The third-order valence-electron chi connectivity index (χ3n) is 2.82. The molecule has 1 aromatic heterocycles. The van der Waals surface area contributed by atoms with Crippen molar-refractivity contribution in [1.29, 1.82) is 0 Å². The highest BCUT2D eigenvalue weighted by molar-refractivity contribution is 5.82. The summed E-state index contributed by atoms with van der Waals surface area (Å²) in [5, 5.41) is 9.27. The van der Waals surface area contributed by atoms with Crippen molar-refractivity contribution in [3.05, 3.63) is 30.0 Å². The fourth-order valence-electron chi connectivity index (χ4n) is 1.90. The van der Waals surface area contributed by atoms with E-state index in [4.69, 9.17) is 0 Å². The van der Waals surface area contributed by atoms with E-state index in [1.54, 1.807) is 0 Å². The fourth-order valence-corrected chi connectivity index (χ4v) is 1.90. The molecule has 94 valence electrons. The molecule has 3 heteroatoms. The lowest BCUT2D eigenvalue weighted by atomic mass is 10.2. The molecule has 0 fully saturated rings. The molecule has 2 rings (SSSR count). The van der Waals surface area contributed by atoms with Gasteiger partial charge in [0, 0.05) is 18.0 Å². The number of hydrogen-bond donors (Lipinski definition) is 1. The average molecular weight is 241 g/mol. The van der Waals surface area contributed by atoms with E-state index in [9.17, 15) is 0 Å². The minimum Gasteiger partial charge on any atom is -0.309 e. The minimum absolute atomic E-state index is 0.462. The summed E-state index contributed by atoms with van der Waals surface area (Å²) < 4.78 is 1.98. The zero-order chi connectivity index (χ0) is 13.0. The predicted octanol–water partition coefficient (Wildman–Crippen LogP) is 2.56. The first kappa shape index (κ1) is 12.7. The van der Waals surface area contributed by atoms with Crippen molar-refractivity contribution in [2.75, 3.05) is 0 Å². The maximum Gasteiger partial charge on any atom is 0.102 e. The van der Waals surface area contributed by atoms with Crippen LogP contribution in [0.25, 0.3) is 10.9 Å². The molecule has 1 heterocycles. The lowest BCUT2D eigenvalue weighted by Crippen LogP contribution is -2.22. The van der Waals surface area contributed by atoms with Gasteiger partial charge in [0.1, 0.15) is 6.54 Å². The topological polar surface area (TPSA) is 29.9 Å². The molecule has 18 heavy (non-hydrogen) atoms. The maximum atomic E-state index is 4.65. The van der Waals surface area contributed by atoms with E-state index >= 15 is 0 Å². The molecule has 2 aromatic rings. The first-order valence-corrected chi connectivity index (χ1v) is 6.29. The van der Waals surface area contributed by atoms with Crippen LogP contribution < -0.4 is 5.32 Å². The van der Waals surface area contributed by atoms with E-state index in [0.29, 0.717) is 12.6 Å². The van der Waals surface area contributed by atoms with Crippen molar-refractivity contribution in [3.8, 4) is 11.8 Å². The second kappa shape index (κ2) is 5.70. The summed E-state index contributed by atoms with van der Waals surface area (Å²) in [7, 11) is 0. The second-order valence-corrected chi connectivity index (χ2v) is 4.58. The average Bonchev–Trinajstić information content (AvgIpc) is 2.72. The Kier molecular flexibility index (Phi) is 4.01. The third kappa shape index (κ3) is 2.72. The molecule has 0 spiro atoms. The van der Waals surface area contributed by atoms with Crippen molar-refractivity contribution < 1.29 is 0 Å². The zero-order valence-electron chi connectivity index (χ0n) is 11.2. The molecular weight excluding hydrogens is 222 g/mol. The molecule has 0 bridgehead atoms. The molecule has 1 aromatic carbocycles. The van der Waals surface area contributed by atoms with Gasteiger partial charge in [0.05, 0.1) is 11.2 Å². The fraction of sp³-hybridized carbons (Fsp3) is 0.400. The Morgan fingerprint density at radius 3 is 2.83 bits per heavy atom. The van der Waals surface area contributed by atoms with Crippen LogP contribution >= 0.6 is 0 Å². The molecule has 1 N–H and O–H groups in total. The Morgan fingerprint density at radius 1 is 1.33 bits per heavy atom. The Bertz CT molecular complexity index is 585. The Balaban J connectivity index is 2.36. The van der Waals surface area contributed by atoms with E-state index in [1.165, 1.54) is 5.39 Å². The Labute approximate surface area is 108 Å². The smallest absolute Gasteiger partial charge is 0.102 e. The van der Waals surface area contributed by atoms with E-state index in [1.807, 2.05) is 17.7 Å². The highest BCUT2D eigenvalue weighted by Gasteiger charge is 2.09. The van der Waals surface area contributed by atoms with Crippen molar-refractivity contribution in [2.45, 2.75) is 39.9 Å². The molecule has 0 aliphatic rings. The van der Waals surface area contributed by atoms with Gasteiger partial charge < -0.3 is 5.32 Å². The standard InChI is InChI=1S/C15H19N3/c1-4-5-10-18-15-9-7-6-8-13(15)14(17-18)11-16-12(2)3/h6-9,12,16H,10-11H2,1-3H3. The quantitative estimate of drug-likeness (QED) is 0.834. The molecule has 0 aliphatic carbocycles. The third-order valence-corrected chi connectivity index (χ3v) is 2.82. The van der Waals surface area contributed by atoms with Gasteiger partial charge in [0.15, 0.2) is 0 Å². The zero-order valence-corrected chi connectivity index (χ0v) is 11.2. The number of para-hydroxylation sites is 1. The number of hydrogen-bond acceptors (Lipinski definition) is 2. The summed E-state index contributed by atoms with van der Waals surface area (Å²) in [5.74, 6) is 5.98. The molecule has 0 atom stereocenters. The van der Waals surface area contributed by atoms with Crippen LogP contribution in [0.4, 0.5) is 0 Å². The van der Waals surface area contributed by atoms with E-state index < -0.39 is 0 Å². The largest absolute Gasteiger partial charge is 0.309 e. The molecule has 3 nitrogen and oxygen atoms in total. The molecule has 0 radical (unpaired) electrons. The lowest BCUT2D eigenvalue weighted by molar-refractivity contribution is 0.574. The highest BCUT2D eigenvalue weighted by Crippen LogP contribution is 2.18. The van der Waals surface area contributed by atoms with Crippen LogP contribution in [0.1, 0.15) is 26.5 Å². The van der Waals surface area contributed by atoms with E-state index in [0.717, 1.165) is 17.8 Å². The van der Waals surface area contributed by atoms with Gasteiger partial charge >= 0.3 is 0 Å². The molecule has 0 saturated heterocycles. The van der Waals surface area contributed by atoms with Crippen molar-refractivity contribution in [1.82, 2.24) is 15.1 Å². The van der Waals surface area contributed by atoms with Gasteiger partial charge in [-0.2, -0.15) is 5.10 Å². The van der Waals surface area contributed by atoms with Gasteiger partial charge in [-0.25, -0.2) is 0 Å². The van der Waals surface area contributed by atoms with Gasteiger partial charge in [-0.1, -0.05) is 38.0 Å². The Hall–Kier alpha value is -1.79. The van der Waals surface area contributed by atoms with Crippen LogP contribution in [0.15, 0.2) is 24.3 Å². The lowest BCUT2D eigenvalue weighted by Gasteiger charge is -2.05. The second-order valence-electron chi connectivity index (χ2n) is 4.58. The van der Waals surface area contributed by atoms with Crippen LogP contribution in [0.5, 0.6) is 0 Å². The number of nitrogens with zero attached hydrogens (tertiary/aromatic N) is 2. The molecule has 0 saturated carbocycles. The van der Waals surface area contributed by atoms with Crippen LogP contribution in [-0.4, -0.2) is 15.8 Å². The molecular formula is C15H19N3. The maximum absolute atomic E-state index is 4.65. The molecule has 0 aliphatic heterocycles.